The van der Waals surface area contributed by atoms with Crippen LogP contribution >= 0.6 is 36.4 Å². The fourth-order valence-corrected chi connectivity index (χ4v) is 3.81. The van der Waals surface area contributed by atoms with Gasteiger partial charge in [0.1, 0.15) is 11.6 Å². The quantitative estimate of drug-likeness (QED) is 0.228. The highest BCUT2D eigenvalue weighted by Gasteiger charge is 2.30. The molecular formula is C20H27ClN2O3S2. The van der Waals surface area contributed by atoms with Crippen molar-refractivity contribution in [2.75, 3.05) is 33.8 Å². The van der Waals surface area contributed by atoms with Crippen LogP contribution in [-0.4, -0.2) is 59.8 Å². The number of hydrogen-bond donors (Lipinski definition) is 0. The summed E-state index contributed by atoms with van der Waals surface area (Å²) in [6.45, 7) is 1.75. The molecule has 1 aliphatic heterocycles. The Morgan fingerprint density at radius 2 is 1.93 bits per heavy atom. The molecule has 0 aliphatic carbocycles. The number of amides is 1. The van der Waals surface area contributed by atoms with E-state index >= 15 is 0 Å². The van der Waals surface area contributed by atoms with Crippen molar-refractivity contribution in [1.29, 1.82) is 0 Å². The number of nitrogens with zero attached hydrogens (tertiary/aromatic N) is 2. The van der Waals surface area contributed by atoms with E-state index in [0.717, 1.165) is 36.3 Å². The Kier molecular flexibility index (Phi) is 11.4. The molecule has 28 heavy (non-hydrogen) atoms. The van der Waals surface area contributed by atoms with Crippen LogP contribution in [0, 0.1) is 0 Å². The highest BCUT2D eigenvalue weighted by molar-refractivity contribution is 8.19. The zero-order chi connectivity index (χ0) is 19.6. The van der Waals surface area contributed by atoms with E-state index in [-0.39, 0.29) is 23.6 Å². The third kappa shape index (κ3) is 8.31. The number of thiocarbonyl (C=S) groups is 1. The molecule has 0 bridgehead atoms. The van der Waals surface area contributed by atoms with E-state index in [1.54, 1.807) is 4.90 Å². The number of esters is 1. The van der Waals surface area contributed by atoms with Crippen LogP contribution in [0.1, 0.15) is 31.2 Å². The molecule has 1 aromatic carbocycles. The van der Waals surface area contributed by atoms with Gasteiger partial charge in [0, 0.05) is 19.5 Å². The number of ether oxygens (including phenoxy) is 1. The van der Waals surface area contributed by atoms with Gasteiger partial charge in [0.15, 0.2) is 0 Å². The van der Waals surface area contributed by atoms with Crippen LogP contribution in [0.25, 0.3) is 6.08 Å². The topological polar surface area (TPSA) is 49.9 Å². The number of hydrogen-bond acceptors (Lipinski definition) is 6. The Morgan fingerprint density at radius 3 is 2.61 bits per heavy atom. The first kappa shape index (κ1) is 24.6. The smallest absolute Gasteiger partial charge is 0.305 e. The third-order valence-corrected chi connectivity index (χ3v) is 5.53. The molecule has 0 spiro atoms. The van der Waals surface area contributed by atoms with Crippen molar-refractivity contribution in [2.45, 2.75) is 25.7 Å². The molecule has 0 aromatic heterocycles. The molecule has 1 heterocycles. The fraction of sp³-hybridized carbons (Fsp3) is 0.450. The van der Waals surface area contributed by atoms with Gasteiger partial charge < -0.3 is 9.64 Å². The first-order chi connectivity index (χ1) is 13.0. The van der Waals surface area contributed by atoms with Crippen LogP contribution in [0.4, 0.5) is 4.79 Å². The molecule has 5 nitrogen and oxygen atoms in total. The van der Waals surface area contributed by atoms with E-state index in [1.165, 1.54) is 11.8 Å². The Labute approximate surface area is 182 Å². The zero-order valence-corrected chi connectivity index (χ0v) is 18.7. The standard InChI is InChI=1S/C20H26N2O3S2.ClH/c1-21(2)13-14-25-18(23)11-7-4-8-12-22-19(26)17(27-20(22)24)15-16-9-5-3-6-10-16;/h3,5-6,9-10,15H,4,7-8,11-14H2,1-2H3;1H/b17-15+;. The number of benzene rings is 1. The van der Waals surface area contributed by atoms with Gasteiger partial charge in [-0.05, 0) is 50.3 Å². The SMILES string of the molecule is CN(C)CCOC(=O)CCCCCN1C(=O)S/C(=C/c2ccccc2)C1=S.Cl. The van der Waals surface area contributed by atoms with Crippen LogP contribution in [0.5, 0.6) is 0 Å². The lowest BCUT2D eigenvalue weighted by molar-refractivity contribution is -0.144. The monoisotopic (exact) mass is 442 g/mol. The summed E-state index contributed by atoms with van der Waals surface area (Å²) in [5.74, 6) is -0.159. The normalized spacial score (nSPS) is 15.2. The summed E-state index contributed by atoms with van der Waals surface area (Å²) >= 11 is 6.65. The summed E-state index contributed by atoms with van der Waals surface area (Å²) in [6.07, 6.45) is 4.80. The molecule has 0 radical (unpaired) electrons. The molecule has 0 unspecified atom stereocenters. The predicted octanol–water partition coefficient (Wildman–Crippen LogP) is 4.61. The Bertz CT molecular complexity index is 696. The van der Waals surface area contributed by atoms with Crippen molar-refractivity contribution >= 4 is 58.7 Å². The number of rotatable bonds is 10. The van der Waals surface area contributed by atoms with Gasteiger partial charge in [-0.2, -0.15) is 0 Å². The second kappa shape index (κ2) is 12.9. The van der Waals surface area contributed by atoms with E-state index in [0.29, 0.717) is 24.6 Å². The maximum absolute atomic E-state index is 12.2. The van der Waals surface area contributed by atoms with Gasteiger partial charge in [-0.25, -0.2) is 0 Å². The molecule has 1 amide bonds. The van der Waals surface area contributed by atoms with Gasteiger partial charge >= 0.3 is 5.97 Å². The average molecular weight is 443 g/mol. The van der Waals surface area contributed by atoms with Crippen molar-refractivity contribution < 1.29 is 14.3 Å². The van der Waals surface area contributed by atoms with Gasteiger partial charge in [0.05, 0.1) is 4.91 Å². The van der Waals surface area contributed by atoms with Crippen molar-refractivity contribution in [3.63, 3.8) is 0 Å². The van der Waals surface area contributed by atoms with Gasteiger partial charge in [0.2, 0.25) is 0 Å². The number of thioether (sulfide) groups is 1. The number of unbranched alkanes of at least 4 members (excludes halogenated alkanes) is 2. The van der Waals surface area contributed by atoms with Gasteiger partial charge in [-0.1, -0.05) is 49.0 Å². The number of carbonyl (C=O) groups is 2. The first-order valence-corrected chi connectivity index (χ1v) is 10.3. The number of carbonyl (C=O) groups excluding carboxylic acids is 2. The van der Waals surface area contributed by atoms with Crippen LogP contribution in [-0.2, 0) is 9.53 Å². The van der Waals surface area contributed by atoms with Crippen LogP contribution < -0.4 is 0 Å². The summed E-state index contributed by atoms with van der Waals surface area (Å²) in [6, 6.07) is 9.85. The van der Waals surface area contributed by atoms with Gasteiger partial charge in [0.25, 0.3) is 5.24 Å². The van der Waals surface area contributed by atoms with E-state index < -0.39 is 0 Å². The molecule has 0 atom stereocenters. The third-order valence-electron chi connectivity index (χ3n) is 4.04. The minimum atomic E-state index is -0.159. The van der Waals surface area contributed by atoms with Crippen molar-refractivity contribution in [1.82, 2.24) is 9.80 Å². The highest BCUT2D eigenvalue weighted by atomic mass is 35.5. The molecular weight excluding hydrogens is 416 g/mol. The summed E-state index contributed by atoms with van der Waals surface area (Å²) < 4.78 is 5.16. The van der Waals surface area contributed by atoms with Gasteiger partial charge in [-0.3, -0.25) is 14.5 Å². The van der Waals surface area contributed by atoms with E-state index in [1.807, 2.05) is 55.4 Å². The molecule has 154 valence electrons. The molecule has 0 saturated carbocycles. The minimum Gasteiger partial charge on any atom is -0.464 e. The molecule has 1 saturated heterocycles. The van der Waals surface area contributed by atoms with Crippen molar-refractivity contribution in [3.8, 4) is 0 Å². The lowest BCUT2D eigenvalue weighted by Gasteiger charge is -2.14. The molecule has 1 aliphatic rings. The molecule has 1 fully saturated rings. The lowest BCUT2D eigenvalue weighted by atomic mass is 10.2. The zero-order valence-electron chi connectivity index (χ0n) is 16.3. The molecule has 1 aromatic rings. The van der Waals surface area contributed by atoms with E-state index in [2.05, 4.69) is 0 Å². The first-order valence-electron chi connectivity index (χ1n) is 9.08. The number of halogens is 1. The fourth-order valence-electron chi connectivity index (χ4n) is 2.52. The van der Waals surface area contributed by atoms with E-state index in [4.69, 9.17) is 17.0 Å². The maximum atomic E-state index is 12.2. The molecule has 2 rings (SSSR count). The van der Waals surface area contributed by atoms with Crippen LogP contribution in [0.2, 0.25) is 0 Å². The Morgan fingerprint density at radius 1 is 1.21 bits per heavy atom. The second-order valence-electron chi connectivity index (χ2n) is 6.58. The molecule has 8 heteroatoms. The Balaban J connectivity index is 0.00000392. The summed E-state index contributed by atoms with van der Waals surface area (Å²) in [4.78, 5) is 28.9. The van der Waals surface area contributed by atoms with Crippen LogP contribution in [0.3, 0.4) is 0 Å². The van der Waals surface area contributed by atoms with Crippen molar-refractivity contribution in [3.05, 3.63) is 40.8 Å². The molecule has 0 N–H and O–H groups in total. The minimum absolute atomic E-state index is 0. The van der Waals surface area contributed by atoms with E-state index in [9.17, 15) is 9.59 Å². The number of likely N-dealkylation sites (N-methyl/N-ethyl adjacent to an activating group) is 1. The predicted molar refractivity (Wildman–Crippen MR) is 122 cm³/mol. The summed E-state index contributed by atoms with van der Waals surface area (Å²) in [7, 11) is 3.88. The van der Waals surface area contributed by atoms with Crippen LogP contribution in [0.15, 0.2) is 35.2 Å². The average Bonchev–Trinajstić information content (AvgIpc) is 2.89. The highest BCUT2D eigenvalue weighted by Crippen LogP contribution is 2.33. The Hall–Kier alpha value is -1.41. The van der Waals surface area contributed by atoms with Gasteiger partial charge in [-0.15, -0.1) is 12.4 Å². The summed E-state index contributed by atoms with van der Waals surface area (Å²) in [5.41, 5.74) is 1.03. The lowest BCUT2D eigenvalue weighted by Crippen LogP contribution is -2.27. The maximum Gasteiger partial charge on any atom is 0.305 e. The van der Waals surface area contributed by atoms with Crippen molar-refractivity contribution in [2.24, 2.45) is 0 Å². The summed E-state index contributed by atoms with van der Waals surface area (Å²) in [5, 5.41) is -0.0229. The second-order valence-corrected chi connectivity index (χ2v) is 7.96. The largest absolute Gasteiger partial charge is 0.464 e.